The van der Waals surface area contributed by atoms with Crippen LogP contribution in [0.2, 0.25) is 0 Å². The van der Waals surface area contributed by atoms with E-state index in [4.69, 9.17) is 0 Å². The van der Waals surface area contributed by atoms with Gasteiger partial charge in [-0.3, -0.25) is 9.20 Å². The van der Waals surface area contributed by atoms with Crippen LogP contribution in [0.1, 0.15) is 44.0 Å². The minimum Gasteiger partial charge on any atom is -0.316 e. The van der Waals surface area contributed by atoms with E-state index >= 15 is 0 Å². The van der Waals surface area contributed by atoms with E-state index < -0.39 is 0 Å². The van der Waals surface area contributed by atoms with Gasteiger partial charge in [-0.15, -0.1) is 10.2 Å². The molecule has 3 rings (SSSR count). The zero-order valence-corrected chi connectivity index (χ0v) is 15.3. The van der Waals surface area contributed by atoms with Crippen molar-refractivity contribution in [1.82, 2.24) is 24.5 Å². The average molecular weight is 345 g/mol. The van der Waals surface area contributed by atoms with Crippen molar-refractivity contribution in [3.8, 4) is 0 Å². The summed E-state index contributed by atoms with van der Waals surface area (Å²) >= 11 is 1.42. The molecule has 0 fully saturated rings. The molecular weight excluding hydrogens is 322 g/mol. The molecule has 0 bridgehead atoms. The molecule has 0 N–H and O–H groups in total. The van der Waals surface area contributed by atoms with Gasteiger partial charge in [0.25, 0.3) is 5.78 Å². The number of hydrogen-bond donors (Lipinski definition) is 0. The van der Waals surface area contributed by atoms with Crippen LogP contribution in [0.5, 0.6) is 0 Å². The fourth-order valence-corrected chi connectivity index (χ4v) is 3.97. The Morgan fingerprint density at radius 2 is 2.17 bits per heavy atom. The molecule has 0 radical (unpaired) electrons. The quantitative estimate of drug-likeness (QED) is 0.779. The second kappa shape index (κ2) is 7.34. The van der Waals surface area contributed by atoms with Crippen LogP contribution in [0.15, 0.2) is 23.0 Å². The number of fused-ring (bicyclic) bond motifs is 1. The summed E-state index contributed by atoms with van der Waals surface area (Å²) in [5.41, 5.74) is 3.12. The van der Waals surface area contributed by atoms with Crippen molar-refractivity contribution in [2.24, 2.45) is 0 Å². The molecule has 1 aliphatic rings. The predicted molar refractivity (Wildman–Crippen MR) is 94.9 cm³/mol. The van der Waals surface area contributed by atoms with Gasteiger partial charge < -0.3 is 4.90 Å². The summed E-state index contributed by atoms with van der Waals surface area (Å²) < 4.78 is 1.90. The van der Waals surface area contributed by atoms with Crippen molar-refractivity contribution < 1.29 is 4.79 Å². The lowest BCUT2D eigenvalue weighted by Gasteiger charge is -2.26. The number of aromatic nitrogens is 4. The van der Waals surface area contributed by atoms with E-state index in [0.717, 1.165) is 29.4 Å². The number of amides is 1. The molecule has 7 heteroatoms. The van der Waals surface area contributed by atoms with E-state index in [0.29, 0.717) is 18.1 Å². The lowest BCUT2D eigenvalue weighted by Crippen LogP contribution is -2.32. The predicted octanol–water partition coefficient (Wildman–Crippen LogP) is 3.14. The van der Waals surface area contributed by atoms with Crippen LogP contribution in [-0.4, -0.2) is 42.7 Å². The highest BCUT2D eigenvalue weighted by Gasteiger charge is 2.19. The van der Waals surface area contributed by atoms with Gasteiger partial charge in [0.2, 0.25) is 5.91 Å². The van der Waals surface area contributed by atoms with E-state index in [2.05, 4.69) is 21.3 Å². The van der Waals surface area contributed by atoms with Gasteiger partial charge in [-0.2, -0.15) is 0 Å². The zero-order valence-electron chi connectivity index (χ0n) is 14.4. The average Bonchev–Trinajstić information content (AvgIpc) is 2.98. The summed E-state index contributed by atoms with van der Waals surface area (Å²) in [4.78, 5) is 18.9. The fraction of sp³-hybridized carbons (Fsp3) is 0.529. The Morgan fingerprint density at radius 3 is 2.88 bits per heavy atom. The normalized spacial score (nSPS) is 14.7. The summed E-state index contributed by atoms with van der Waals surface area (Å²) in [5.74, 6) is 1.08. The van der Waals surface area contributed by atoms with Gasteiger partial charge in [-0.1, -0.05) is 17.8 Å². The molecule has 0 saturated carbocycles. The Morgan fingerprint density at radius 1 is 1.33 bits per heavy atom. The Balaban J connectivity index is 1.73. The number of aryl methyl sites for hydroxylation is 2. The third-order valence-corrected chi connectivity index (χ3v) is 5.13. The second-order valence-corrected chi connectivity index (χ2v) is 6.97. The summed E-state index contributed by atoms with van der Waals surface area (Å²) in [5, 5.41) is 9.03. The molecule has 1 amide bonds. The molecule has 6 nitrogen and oxygen atoms in total. The first-order valence-corrected chi connectivity index (χ1v) is 9.40. The minimum absolute atomic E-state index is 0.130. The van der Waals surface area contributed by atoms with Crippen LogP contribution in [-0.2, 0) is 4.79 Å². The minimum atomic E-state index is 0.130. The van der Waals surface area contributed by atoms with Gasteiger partial charge in [-0.25, -0.2) is 4.98 Å². The maximum absolute atomic E-state index is 12.6. The molecule has 1 aliphatic carbocycles. The number of rotatable bonds is 5. The maximum atomic E-state index is 12.6. The Hall–Kier alpha value is -1.89. The lowest BCUT2D eigenvalue weighted by atomic mass is 10.0. The van der Waals surface area contributed by atoms with E-state index in [9.17, 15) is 4.79 Å². The van der Waals surface area contributed by atoms with Crippen molar-refractivity contribution in [3.05, 3.63) is 29.2 Å². The lowest BCUT2D eigenvalue weighted by molar-refractivity contribution is -0.126. The first-order valence-electron chi connectivity index (χ1n) is 8.41. The first kappa shape index (κ1) is 17.0. The van der Waals surface area contributed by atoms with Crippen LogP contribution < -0.4 is 0 Å². The number of nitrogens with zero attached hydrogens (tertiary/aromatic N) is 5. The van der Waals surface area contributed by atoms with E-state index in [1.54, 1.807) is 0 Å². The molecule has 0 unspecified atom stereocenters. The van der Waals surface area contributed by atoms with Gasteiger partial charge in [0, 0.05) is 23.6 Å². The third kappa shape index (κ3) is 3.45. The fourth-order valence-electron chi connectivity index (χ4n) is 3.10. The highest BCUT2D eigenvalue weighted by Crippen LogP contribution is 2.23. The van der Waals surface area contributed by atoms with Gasteiger partial charge >= 0.3 is 0 Å². The van der Waals surface area contributed by atoms with Crippen LogP contribution >= 0.6 is 11.8 Å². The first-order chi connectivity index (χ1) is 11.6. The molecule has 2 aromatic heterocycles. The van der Waals surface area contributed by atoms with E-state index in [1.807, 2.05) is 36.1 Å². The van der Waals surface area contributed by atoms with Crippen LogP contribution in [0.4, 0.5) is 0 Å². The van der Waals surface area contributed by atoms with Crippen LogP contribution in [0.25, 0.3) is 5.78 Å². The maximum Gasteiger partial charge on any atom is 0.256 e. The number of hydrogen-bond acceptors (Lipinski definition) is 5. The highest BCUT2D eigenvalue weighted by atomic mass is 32.2. The molecule has 128 valence electrons. The zero-order chi connectivity index (χ0) is 17.1. The number of thioether (sulfide) groups is 1. The monoisotopic (exact) mass is 345 g/mol. The van der Waals surface area contributed by atoms with E-state index in [1.165, 1.54) is 30.3 Å². The molecule has 2 heterocycles. The highest BCUT2D eigenvalue weighted by molar-refractivity contribution is 7.99. The van der Waals surface area contributed by atoms with Crippen molar-refractivity contribution in [2.75, 3.05) is 12.3 Å². The Labute approximate surface area is 146 Å². The topological polar surface area (TPSA) is 63.4 Å². The molecule has 0 atom stereocenters. The van der Waals surface area contributed by atoms with Gasteiger partial charge in [0.15, 0.2) is 5.16 Å². The van der Waals surface area contributed by atoms with Gasteiger partial charge in [0.1, 0.15) is 0 Å². The molecule has 24 heavy (non-hydrogen) atoms. The molecule has 0 saturated heterocycles. The molecule has 2 aromatic rings. The largest absolute Gasteiger partial charge is 0.316 e. The number of allylic oxidation sites excluding steroid dienone is 2. The molecule has 0 aromatic carbocycles. The summed E-state index contributed by atoms with van der Waals surface area (Å²) in [6.45, 7) is 6.68. The smallest absolute Gasteiger partial charge is 0.256 e. The van der Waals surface area contributed by atoms with E-state index in [-0.39, 0.29) is 5.91 Å². The van der Waals surface area contributed by atoms with Crippen molar-refractivity contribution >= 4 is 23.4 Å². The summed E-state index contributed by atoms with van der Waals surface area (Å²) in [7, 11) is 0. The standard InChI is InChI=1S/C17H23N5OS/c1-4-21(14-8-6-5-7-9-14)15(23)11-24-17-20-19-16-18-12(2)10-13(3)22(16)17/h8,10H,4-7,9,11H2,1-3H3. The summed E-state index contributed by atoms with van der Waals surface area (Å²) in [6.07, 6.45) is 6.67. The van der Waals surface area contributed by atoms with Crippen LogP contribution in [0, 0.1) is 13.8 Å². The molecular formula is C17H23N5OS. The Kier molecular flexibility index (Phi) is 5.18. The van der Waals surface area contributed by atoms with Crippen molar-refractivity contribution in [3.63, 3.8) is 0 Å². The van der Waals surface area contributed by atoms with Crippen LogP contribution in [0.3, 0.4) is 0 Å². The molecule has 0 spiro atoms. The Bertz CT molecular complexity index is 783. The SMILES string of the molecule is CCN(C(=O)CSc1nnc2nc(C)cc(C)n12)C1=CCCCC1. The second-order valence-electron chi connectivity index (χ2n) is 6.02. The number of carbonyl (C=O) groups excluding carboxylic acids is 1. The summed E-state index contributed by atoms with van der Waals surface area (Å²) in [6, 6.07) is 1.99. The third-order valence-electron chi connectivity index (χ3n) is 4.22. The van der Waals surface area contributed by atoms with Crippen molar-refractivity contribution in [2.45, 2.75) is 51.6 Å². The van der Waals surface area contributed by atoms with Crippen molar-refractivity contribution in [1.29, 1.82) is 0 Å². The molecule has 0 aliphatic heterocycles. The number of carbonyl (C=O) groups is 1. The van der Waals surface area contributed by atoms with Gasteiger partial charge in [-0.05, 0) is 52.5 Å². The van der Waals surface area contributed by atoms with Gasteiger partial charge in [0.05, 0.1) is 5.75 Å².